The van der Waals surface area contributed by atoms with E-state index in [-0.39, 0.29) is 52.1 Å². The van der Waals surface area contributed by atoms with E-state index in [1.165, 1.54) is 11.0 Å². The number of carbonyl (C=O) groups is 5. The van der Waals surface area contributed by atoms with E-state index < -0.39 is 65.0 Å². The van der Waals surface area contributed by atoms with E-state index in [0.29, 0.717) is 72.8 Å². The number of ether oxygens (including phenoxy) is 3. The zero-order valence-electron chi connectivity index (χ0n) is 44.4. The van der Waals surface area contributed by atoms with Gasteiger partial charge in [0.25, 0.3) is 14.2 Å². The van der Waals surface area contributed by atoms with Crippen LogP contribution in [0.4, 0.5) is 21.0 Å². The number of hydrogen-bond donors (Lipinski definition) is 2. The van der Waals surface area contributed by atoms with Crippen molar-refractivity contribution >= 4 is 57.9 Å². The molecule has 15 nitrogen and oxygen atoms in total. The molecule has 2 saturated heterocycles. The third-order valence-corrected chi connectivity index (χ3v) is 26.5. The number of nitrogens with zero attached hydrogens (tertiary/aromatic N) is 3. The van der Waals surface area contributed by atoms with Gasteiger partial charge in [0.15, 0.2) is 20.3 Å². The van der Waals surface area contributed by atoms with Crippen LogP contribution in [-0.2, 0) is 30.1 Å². The zero-order valence-corrected chi connectivity index (χ0v) is 46.4. The van der Waals surface area contributed by atoms with Gasteiger partial charge in [-0.2, -0.15) is 0 Å². The van der Waals surface area contributed by atoms with Crippen LogP contribution in [0.15, 0.2) is 49.1 Å². The molecule has 386 valence electrons. The van der Waals surface area contributed by atoms with Gasteiger partial charge in [-0.15, -0.1) is 0 Å². The van der Waals surface area contributed by atoms with Crippen molar-refractivity contribution in [3.63, 3.8) is 0 Å². The largest absolute Gasteiger partial charge is 0.540 e. The molecule has 0 radical (unpaired) electrons. The molecule has 6 rings (SSSR count). The molecule has 3 aliphatic heterocycles. The summed E-state index contributed by atoms with van der Waals surface area (Å²) in [7, 11) is -3.60. The normalized spacial score (nSPS) is 20.7. The van der Waals surface area contributed by atoms with Gasteiger partial charge < -0.3 is 38.6 Å². The molecule has 2 aromatic rings. The van der Waals surface area contributed by atoms with Gasteiger partial charge >= 0.3 is 12.2 Å². The van der Waals surface area contributed by atoms with Crippen molar-refractivity contribution in [3.8, 4) is 11.5 Å². The molecule has 70 heavy (non-hydrogen) atoms. The van der Waals surface area contributed by atoms with Crippen molar-refractivity contribution in [2.24, 2.45) is 11.3 Å². The lowest BCUT2D eigenvalue weighted by Gasteiger charge is -2.44. The van der Waals surface area contributed by atoms with Gasteiger partial charge in [-0.25, -0.2) is 14.5 Å². The van der Waals surface area contributed by atoms with Crippen LogP contribution >= 0.6 is 0 Å². The predicted molar refractivity (Wildman–Crippen MR) is 278 cm³/mol. The Hall–Kier alpha value is -4.88. The lowest BCUT2D eigenvalue weighted by molar-refractivity contribution is -0.130. The van der Waals surface area contributed by atoms with Crippen LogP contribution in [0.5, 0.6) is 11.5 Å². The fraction of sp³-hybridized carbons (Fsp3) is 0.642. The summed E-state index contributed by atoms with van der Waals surface area (Å²) in [5.74, 6) is -0.275. The molecule has 1 saturated carbocycles. The fourth-order valence-corrected chi connectivity index (χ4v) is 17.1. The second kappa shape index (κ2) is 21.5. The maximum atomic E-state index is 15.2. The van der Waals surface area contributed by atoms with Crippen LogP contribution in [0.2, 0.25) is 34.8 Å². The Balaban J connectivity index is 1.30. The van der Waals surface area contributed by atoms with Gasteiger partial charge in [0, 0.05) is 24.8 Å². The summed E-state index contributed by atoms with van der Waals surface area (Å²) >= 11 is 0. The van der Waals surface area contributed by atoms with E-state index in [1.54, 1.807) is 42.3 Å². The molecule has 1 aliphatic carbocycles. The summed E-state index contributed by atoms with van der Waals surface area (Å²) in [6.45, 7) is 32.4. The van der Waals surface area contributed by atoms with Crippen LogP contribution in [0, 0.1) is 11.3 Å². The monoisotopic (exact) mass is 1000 g/mol. The Labute approximate surface area is 419 Å². The van der Waals surface area contributed by atoms with Gasteiger partial charge in [-0.1, -0.05) is 107 Å². The van der Waals surface area contributed by atoms with Crippen LogP contribution in [0.3, 0.4) is 0 Å². The highest BCUT2D eigenvalue weighted by Crippen LogP contribution is 2.58. The molecule has 2 aromatic carbocycles. The first-order chi connectivity index (χ1) is 32.8. The van der Waals surface area contributed by atoms with Crippen molar-refractivity contribution < 1.29 is 47.0 Å². The van der Waals surface area contributed by atoms with Gasteiger partial charge in [-0.05, 0) is 102 Å². The lowest BCUT2D eigenvalue weighted by Crippen LogP contribution is -2.58. The highest BCUT2D eigenvalue weighted by molar-refractivity contribution is 6.78. The molecule has 2 N–H and O–H groups in total. The first-order valence-corrected chi connectivity index (χ1v) is 30.5. The lowest BCUT2D eigenvalue weighted by atomic mass is 9.97. The van der Waals surface area contributed by atoms with Crippen molar-refractivity contribution in [2.45, 2.75) is 180 Å². The van der Waals surface area contributed by atoms with Crippen molar-refractivity contribution in [1.29, 1.82) is 0 Å². The van der Waals surface area contributed by atoms with Crippen LogP contribution in [-0.4, -0.2) is 108 Å². The molecule has 0 aromatic heterocycles. The Morgan fingerprint density at radius 3 is 2.13 bits per heavy atom. The van der Waals surface area contributed by atoms with E-state index in [2.05, 4.69) is 92.6 Å². The quantitative estimate of drug-likeness (QED) is 0.108. The van der Waals surface area contributed by atoms with E-state index in [9.17, 15) is 14.4 Å². The Kier molecular flexibility index (Phi) is 16.7. The minimum atomic E-state index is -2.62. The summed E-state index contributed by atoms with van der Waals surface area (Å²) in [4.78, 5) is 75.2. The molecular formula is C53H81N5O10Si2. The number of hydrogen-bond acceptors (Lipinski definition) is 10. The van der Waals surface area contributed by atoms with Gasteiger partial charge in [-0.3, -0.25) is 19.3 Å². The molecule has 0 bridgehead atoms. The number of methoxy groups -OCH3 is 1. The number of benzene rings is 2. The zero-order chi connectivity index (χ0) is 51.7. The molecule has 3 heterocycles. The average molecular weight is 1000 g/mol. The standard InChI is InChI=1S/C53H81N5O10Si2/c1-16-27-65-50(62)56-26-18-19-40(56)46(59)55-45(36(9)17-2)47(60)54-38-22-20-37(21-23-38)31-66-51(63)58-41-29-44(67-70(33(3)4,34(5)6)35(7)8)43(64-13)28-39(41)48(61)57-32-53(24-25-53)30-42(57)49(58)68-69(14,15)52(10,11)12/h16,20-23,28-29,33-36,40,42,45,49H,1,17-19,24-27,30-32H2,2-15H3,(H,54,60)(H,55,59)/t36?,40-,42-,45-,49?/m0/s1. The van der Waals surface area contributed by atoms with E-state index in [1.807, 2.05) is 24.8 Å². The van der Waals surface area contributed by atoms with Crippen LogP contribution in [0.25, 0.3) is 0 Å². The molecule has 5 atom stereocenters. The maximum Gasteiger partial charge on any atom is 0.416 e. The molecule has 17 heteroatoms. The summed E-state index contributed by atoms with van der Waals surface area (Å²) in [6.07, 6.45) is 3.82. The Morgan fingerprint density at radius 1 is 0.929 bits per heavy atom. The van der Waals surface area contributed by atoms with Crippen molar-refractivity contribution in [3.05, 3.63) is 60.2 Å². The van der Waals surface area contributed by atoms with E-state index in [4.69, 9.17) is 23.1 Å². The second-order valence-electron chi connectivity index (χ2n) is 22.6. The van der Waals surface area contributed by atoms with E-state index in [0.717, 1.165) is 12.8 Å². The number of amides is 5. The number of rotatable bonds is 18. The number of likely N-dealkylation sites (tertiary alicyclic amines) is 1. The van der Waals surface area contributed by atoms with Crippen molar-refractivity contribution in [2.75, 3.05) is 37.0 Å². The van der Waals surface area contributed by atoms with Gasteiger partial charge in [0.05, 0.1) is 24.4 Å². The predicted octanol–water partition coefficient (Wildman–Crippen LogP) is 11.0. The van der Waals surface area contributed by atoms with Crippen molar-refractivity contribution in [1.82, 2.24) is 15.1 Å². The topological polar surface area (TPSA) is 165 Å². The molecule has 4 aliphatic rings. The number of fused-ring (bicyclic) bond motifs is 2. The minimum Gasteiger partial charge on any atom is -0.540 e. The molecule has 1 spiro atoms. The minimum absolute atomic E-state index is 0.0118. The van der Waals surface area contributed by atoms with Gasteiger partial charge in [0.1, 0.15) is 31.0 Å². The number of anilines is 2. The number of carbonyl (C=O) groups excluding carboxylic acids is 5. The first kappa shape index (κ1) is 54.5. The van der Waals surface area contributed by atoms with Crippen LogP contribution in [0.1, 0.15) is 131 Å². The SMILES string of the molecule is C=CCOC(=O)N1CCC[C@H]1C(=O)N[C@H](C(=O)Nc1ccc(COC(=O)N2c3cc(O[Si](C(C)C)(C(C)C)C(C)C)c(OC)cc3C(=O)N3CC4(CC4)C[C@H]3C2O[Si](C)(C)C(C)(C)C)cc1)C(C)CC. The molecular weight excluding hydrogens is 923 g/mol. The highest BCUT2D eigenvalue weighted by atomic mass is 28.4. The summed E-state index contributed by atoms with van der Waals surface area (Å²) in [5, 5.41) is 5.65. The summed E-state index contributed by atoms with van der Waals surface area (Å²) < 4.78 is 32.1. The highest BCUT2D eigenvalue weighted by Gasteiger charge is 2.60. The van der Waals surface area contributed by atoms with Gasteiger partial charge in [0.2, 0.25) is 11.8 Å². The van der Waals surface area contributed by atoms with Crippen LogP contribution < -0.4 is 24.7 Å². The Morgan fingerprint density at radius 2 is 1.57 bits per heavy atom. The summed E-state index contributed by atoms with van der Waals surface area (Å²) in [6, 6.07) is 8.52. The molecule has 3 fully saturated rings. The smallest absolute Gasteiger partial charge is 0.416 e. The third-order valence-electron chi connectivity index (χ3n) is 16.0. The third kappa shape index (κ3) is 11.1. The fourth-order valence-electron chi connectivity index (χ4n) is 10.6. The first-order valence-electron chi connectivity index (χ1n) is 25.5. The summed E-state index contributed by atoms with van der Waals surface area (Å²) in [5.41, 5.74) is 2.55. The average Bonchev–Trinajstić information content (AvgIpc) is 3.70. The number of nitrogens with one attached hydrogen (secondary N) is 2. The molecule has 5 amide bonds. The Bertz CT molecular complexity index is 2240. The molecule has 2 unspecified atom stereocenters. The maximum absolute atomic E-state index is 15.2. The second-order valence-corrected chi connectivity index (χ2v) is 32.7. The van der Waals surface area contributed by atoms with E-state index >= 15 is 9.59 Å².